The van der Waals surface area contributed by atoms with E-state index in [1.165, 1.54) is 17.3 Å². The Labute approximate surface area is 163 Å². The Morgan fingerprint density at radius 2 is 1.41 bits per heavy atom. The van der Waals surface area contributed by atoms with Gasteiger partial charge in [-0.25, -0.2) is 0 Å². The number of hydrogen-bond donors (Lipinski definition) is 2. The normalized spacial score (nSPS) is 10.3. The summed E-state index contributed by atoms with van der Waals surface area (Å²) in [6, 6.07) is 24.7. The Balaban J connectivity index is 1.67. The van der Waals surface area contributed by atoms with Gasteiger partial charge in [-0.1, -0.05) is 61.2 Å². The highest BCUT2D eigenvalue weighted by atomic mass is 32.2. The van der Waals surface area contributed by atoms with Crippen molar-refractivity contribution in [3.8, 4) is 0 Å². The van der Waals surface area contributed by atoms with Crippen molar-refractivity contribution >= 4 is 35.0 Å². The molecule has 0 aliphatic carbocycles. The number of benzene rings is 3. The van der Waals surface area contributed by atoms with Crippen LogP contribution in [0.3, 0.4) is 0 Å². The molecule has 0 spiro atoms. The van der Waals surface area contributed by atoms with Crippen LogP contribution >= 0.6 is 11.8 Å². The lowest BCUT2D eigenvalue weighted by atomic mass is 10.1. The van der Waals surface area contributed by atoms with Crippen LogP contribution in [0.25, 0.3) is 0 Å². The number of amides is 2. The van der Waals surface area contributed by atoms with Gasteiger partial charge in [0.1, 0.15) is 0 Å². The average Bonchev–Trinajstić information content (AvgIpc) is 2.71. The van der Waals surface area contributed by atoms with Crippen LogP contribution in [0.1, 0.15) is 12.5 Å². The quantitative estimate of drug-likeness (QED) is 0.618. The Morgan fingerprint density at radius 1 is 0.778 bits per heavy atom. The standard InChI is InChI=1S/C22H20N2O2S/c1-2-16-12-14-17(15-13-16)23-21(25)22(26)24-19-10-6-7-11-20(19)27-18-8-4-3-5-9-18/h3-15H,2H2,1H3,(H,23,25)(H,24,26). The highest BCUT2D eigenvalue weighted by molar-refractivity contribution is 7.99. The fourth-order valence-electron chi connectivity index (χ4n) is 2.47. The number of rotatable bonds is 5. The molecule has 2 amide bonds. The minimum absolute atomic E-state index is 0.597. The van der Waals surface area contributed by atoms with E-state index >= 15 is 0 Å². The van der Waals surface area contributed by atoms with Crippen molar-refractivity contribution in [3.05, 3.63) is 84.4 Å². The summed E-state index contributed by atoms with van der Waals surface area (Å²) in [4.78, 5) is 26.5. The van der Waals surface area contributed by atoms with E-state index in [-0.39, 0.29) is 0 Å². The van der Waals surface area contributed by atoms with Gasteiger partial charge in [0.25, 0.3) is 0 Å². The molecule has 0 aliphatic heterocycles. The molecule has 0 heterocycles. The maximum Gasteiger partial charge on any atom is 0.314 e. The predicted molar refractivity (Wildman–Crippen MR) is 110 cm³/mol. The molecule has 27 heavy (non-hydrogen) atoms. The first-order valence-corrected chi connectivity index (χ1v) is 9.50. The van der Waals surface area contributed by atoms with Crippen molar-refractivity contribution in [1.29, 1.82) is 0 Å². The largest absolute Gasteiger partial charge is 0.318 e. The molecule has 0 unspecified atom stereocenters. The second-order valence-corrected chi connectivity index (χ2v) is 6.99. The Morgan fingerprint density at radius 3 is 2.11 bits per heavy atom. The molecular formula is C22H20N2O2S. The first-order chi connectivity index (χ1) is 13.2. The zero-order valence-corrected chi connectivity index (χ0v) is 15.8. The van der Waals surface area contributed by atoms with Crippen LogP contribution < -0.4 is 10.6 Å². The van der Waals surface area contributed by atoms with Gasteiger partial charge >= 0.3 is 11.8 Å². The van der Waals surface area contributed by atoms with Crippen LogP contribution in [0.4, 0.5) is 11.4 Å². The minimum Gasteiger partial charge on any atom is -0.318 e. The van der Waals surface area contributed by atoms with Gasteiger partial charge in [0.15, 0.2) is 0 Å². The number of carbonyl (C=O) groups is 2. The summed E-state index contributed by atoms with van der Waals surface area (Å²) >= 11 is 1.53. The minimum atomic E-state index is -0.698. The van der Waals surface area contributed by atoms with E-state index in [2.05, 4.69) is 17.6 Å². The Bertz CT molecular complexity index is 925. The van der Waals surface area contributed by atoms with Crippen LogP contribution in [-0.4, -0.2) is 11.8 Å². The molecule has 0 fully saturated rings. The molecule has 2 N–H and O–H groups in total. The Kier molecular flexibility index (Phi) is 6.28. The van der Waals surface area contributed by atoms with Gasteiger partial charge < -0.3 is 10.6 Å². The SMILES string of the molecule is CCc1ccc(NC(=O)C(=O)Nc2ccccc2Sc2ccccc2)cc1. The fraction of sp³-hybridized carbons (Fsp3) is 0.0909. The summed E-state index contributed by atoms with van der Waals surface area (Å²) in [6.45, 7) is 2.06. The van der Waals surface area contributed by atoms with Gasteiger partial charge in [0.2, 0.25) is 0 Å². The lowest BCUT2D eigenvalue weighted by Crippen LogP contribution is -2.29. The van der Waals surface area contributed by atoms with Gasteiger partial charge in [0, 0.05) is 15.5 Å². The summed E-state index contributed by atoms with van der Waals surface area (Å²) in [7, 11) is 0. The van der Waals surface area contributed by atoms with E-state index < -0.39 is 11.8 Å². The molecule has 0 atom stereocenters. The van der Waals surface area contributed by atoms with E-state index in [9.17, 15) is 9.59 Å². The molecule has 3 rings (SSSR count). The van der Waals surface area contributed by atoms with Crippen molar-refractivity contribution in [2.24, 2.45) is 0 Å². The molecule has 4 nitrogen and oxygen atoms in total. The third kappa shape index (κ3) is 5.21. The van der Waals surface area contributed by atoms with E-state index in [0.29, 0.717) is 11.4 Å². The van der Waals surface area contributed by atoms with Crippen LogP contribution in [0.2, 0.25) is 0 Å². The van der Waals surface area contributed by atoms with Crippen LogP contribution in [0.5, 0.6) is 0 Å². The lowest BCUT2D eigenvalue weighted by molar-refractivity contribution is -0.133. The second kappa shape index (κ2) is 9.05. The molecule has 136 valence electrons. The summed E-state index contributed by atoms with van der Waals surface area (Å²) in [6.07, 6.45) is 0.921. The molecule has 3 aromatic rings. The highest BCUT2D eigenvalue weighted by Gasteiger charge is 2.16. The van der Waals surface area contributed by atoms with Crippen LogP contribution in [0, 0.1) is 0 Å². The van der Waals surface area contributed by atoms with Crippen molar-refractivity contribution in [1.82, 2.24) is 0 Å². The van der Waals surface area contributed by atoms with Crippen molar-refractivity contribution in [2.75, 3.05) is 10.6 Å². The predicted octanol–water partition coefficient (Wildman–Crippen LogP) is 4.98. The molecule has 5 heteroatoms. The topological polar surface area (TPSA) is 58.2 Å². The van der Waals surface area contributed by atoms with Crippen molar-refractivity contribution in [2.45, 2.75) is 23.1 Å². The van der Waals surface area contributed by atoms with Gasteiger partial charge in [-0.15, -0.1) is 0 Å². The Hall–Kier alpha value is -3.05. The fourth-order valence-corrected chi connectivity index (χ4v) is 3.39. The first kappa shape index (κ1) is 18.7. The first-order valence-electron chi connectivity index (χ1n) is 8.69. The number of anilines is 2. The smallest absolute Gasteiger partial charge is 0.314 e. The van der Waals surface area contributed by atoms with E-state index in [1.54, 1.807) is 18.2 Å². The number of para-hydroxylation sites is 1. The van der Waals surface area contributed by atoms with Crippen molar-refractivity contribution < 1.29 is 9.59 Å². The number of aryl methyl sites for hydroxylation is 1. The van der Waals surface area contributed by atoms with E-state index in [1.807, 2.05) is 60.7 Å². The third-order valence-corrected chi connectivity index (χ3v) is 5.02. The number of nitrogens with one attached hydrogen (secondary N) is 2. The maximum absolute atomic E-state index is 12.3. The van der Waals surface area contributed by atoms with Gasteiger partial charge in [-0.05, 0) is 48.4 Å². The number of carbonyl (C=O) groups excluding carboxylic acids is 2. The van der Waals surface area contributed by atoms with E-state index in [4.69, 9.17) is 0 Å². The molecule has 0 aliphatic rings. The molecule has 0 saturated carbocycles. The molecule has 0 saturated heterocycles. The molecule has 0 bridgehead atoms. The number of hydrogen-bond acceptors (Lipinski definition) is 3. The van der Waals surface area contributed by atoms with Crippen LogP contribution in [-0.2, 0) is 16.0 Å². The van der Waals surface area contributed by atoms with Crippen molar-refractivity contribution in [3.63, 3.8) is 0 Å². The second-order valence-electron chi connectivity index (χ2n) is 5.87. The maximum atomic E-state index is 12.3. The zero-order valence-electron chi connectivity index (χ0n) is 14.9. The van der Waals surface area contributed by atoms with Gasteiger partial charge in [-0.3, -0.25) is 9.59 Å². The lowest BCUT2D eigenvalue weighted by Gasteiger charge is -2.11. The monoisotopic (exact) mass is 376 g/mol. The summed E-state index contributed by atoms with van der Waals surface area (Å²) in [5, 5.41) is 5.33. The van der Waals surface area contributed by atoms with E-state index in [0.717, 1.165) is 16.2 Å². The summed E-state index contributed by atoms with van der Waals surface area (Å²) in [5.74, 6) is -1.39. The average molecular weight is 376 g/mol. The summed E-state index contributed by atoms with van der Waals surface area (Å²) < 4.78 is 0. The zero-order chi connectivity index (χ0) is 19.1. The van der Waals surface area contributed by atoms with Gasteiger partial charge in [-0.2, -0.15) is 0 Å². The third-order valence-electron chi connectivity index (χ3n) is 3.93. The molecule has 0 aromatic heterocycles. The molecular weight excluding hydrogens is 356 g/mol. The molecule has 0 radical (unpaired) electrons. The van der Waals surface area contributed by atoms with Crippen LogP contribution in [0.15, 0.2) is 88.7 Å². The summed E-state index contributed by atoms with van der Waals surface area (Å²) in [5.41, 5.74) is 2.37. The highest BCUT2D eigenvalue weighted by Crippen LogP contribution is 2.33. The molecule has 3 aromatic carbocycles. The van der Waals surface area contributed by atoms with Gasteiger partial charge in [0.05, 0.1) is 5.69 Å².